The van der Waals surface area contributed by atoms with Crippen molar-refractivity contribution in [2.75, 3.05) is 6.54 Å². The van der Waals surface area contributed by atoms with E-state index in [0.717, 1.165) is 18.7 Å². The van der Waals surface area contributed by atoms with Gasteiger partial charge >= 0.3 is 0 Å². The molecular weight excluding hydrogens is 234 g/mol. The van der Waals surface area contributed by atoms with Crippen molar-refractivity contribution in [2.24, 2.45) is 7.05 Å². The molecule has 1 unspecified atom stereocenters. The second kappa shape index (κ2) is 6.02. The molecule has 0 fully saturated rings. The van der Waals surface area contributed by atoms with Crippen LogP contribution in [0, 0.1) is 13.8 Å². The van der Waals surface area contributed by atoms with Crippen molar-refractivity contribution in [1.82, 2.24) is 15.1 Å². The van der Waals surface area contributed by atoms with Crippen LogP contribution in [0.3, 0.4) is 0 Å². The SMILES string of the molecule is Cc1nn(C)c(C)c1C(C)NCCc1ccccc1. The molecule has 0 bridgehead atoms. The first-order valence-corrected chi connectivity index (χ1v) is 6.87. The molecule has 3 nitrogen and oxygen atoms in total. The van der Waals surface area contributed by atoms with E-state index in [4.69, 9.17) is 0 Å². The third-order valence-electron chi connectivity index (χ3n) is 3.71. The smallest absolute Gasteiger partial charge is 0.0644 e. The van der Waals surface area contributed by atoms with Crippen LogP contribution in [0.15, 0.2) is 30.3 Å². The molecule has 19 heavy (non-hydrogen) atoms. The Morgan fingerprint density at radius 2 is 1.89 bits per heavy atom. The van der Waals surface area contributed by atoms with Gasteiger partial charge in [-0.1, -0.05) is 30.3 Å². The second-order valence-corrected chi connectivity index (χ2v) is 5.12. The van der Waals surface area contributed by atoms with Crippen LogP contribution in [0.25, 0.3) is 0 Å². The van der Waals surface area contributed by atoms with E-state index in [1.165, 1.54) is 16.8 Å². The van der Waals surface area contributed by atoms with Crippen LogP contribution < -0.4 is 5.32 Å². The number of rotatable bonds is 5. The van der Waals surface area contributed by atoms with E-state index in [9.17, 15) is 0 Å². The van der Waals surface area contributed by atoms with Crippen LogP contribution >= 0.6 is 0 Å². The Bertz CT molecular complexity index is 528. The predicted octanol–water partition coefficient (Wildman–Crippen LogP) is 2.93. The van der Waals surface area contributed by atoms with Gasteiger partial charge in [0.05, 0.1) is 5.69 Å². The second-order valence-electron chi connectivity index (χ2n) is 5.12. The largest absolute Gasteiger partial charge is 0.310 e. The molecule has 102 valence electrons. The van der Waals surface area contributed by atoms with Gasteiger partial charge in [0.2, 0.25) is 0 Å². The average Bonchev–Trinajstić information content (AvgIpc) is 2.64. The zero-order valence-electron chi connectivity index (χ0n) is 12.3. The number of hydrogen-bond donors (Lipinski definition) is 1. The van der Waals surface area contributed by atoms with E-state index in [0.29, 0.717) is 6.04 Å². The van der Waals surface area contributed by atoms with E-state index in [-0.39, 0.29) is 0 Å². The van der Waals surface area contributed by atoms with Crippen molar-refractivity contribution in [3.63, 3.8) is 0 Å². The van der Waals surface area contributed by atoms with Crippen molar-refractivity contribution in [3.8, 4) is 0 Å². The number of aryl methyl sites for hydroxylation is 2. The monoisotopic (exact) mass is 257 g/mol. The van der Waals surface area contributed by atoms with Crippen LogP contribution in [0.4, 0.5) is 0 Å². The summed E-state index contributed by atoms with van der Waals surface area (Å²) in [5, 5.41) is 8.06. The highest BCUT2D eigenvalue weighted by Crippen LogP contribution is 2.20. The van der Waals surface area contributed by atoms with Crippen molar-refractivity contribution in [3.05, 3.63) is 52.8 Å². The molecule has 0 spiro atoms. The van der Waals surface area contributed by atoms with Crippen LogP contribution in [-0.4, -0.2) is 16.3 Å². The Labute approximate surface area is 115 Å². The van der Waals surface area contributed by atoms with Crippen molar-refractivity contribution >= 4 is 0 Å². The van der Waals surface area contributed by atoms with Crippen molar-refractivity contribution in [2.45, 2.75) is 33.2 Å². The predicted molar refractivity (Wildman–Crippen MR) is 79.2 cm³/mol. The highest BCUT2D eigenvalue weighted by molar-refractivity contribution is 5.27. The van der Waals surface area contributed by atoms with Gasteiger partial charge in [0, 0.05) is 24.3 Å². The summed E-state index contributed by atoms with van der Waals surface area (Å²) in [7, 11) is 2.00. The molecular formula is C16H23N3. The van der Waals surface area contributed by atoms with Crippen LogP contribution in [0.5, 0.6) is 0 Å². The minimum Gasteiger partial charge on any atom is -0.310 e. The molecule has 0 saturated heterocycles. The summed E-state index contributed by atoms with van der Waals surface area (Å²) < 4.78 is 1.96. The summed E-state index contributed by atoms with van der Waals surface area (Å²) in [6.45, 7) is 7.41. The zero-order valence-corrected chi connectivity index (χ0v) is 12.3. The molecule has 1 heterocycles. The lowest BCUT2D eigenvalue weighted by Gasteiger charge is -2.14. The fourth-order valence-electron chi connectivity index (χ4n) is 2.60. The standard InChI is InChI=1S/C16H23N3/c1-12(16-13(2)18-19(4)14(16)3)17-11-10-15-8-6-5-7-9-15/h5-9,12,17H,10-11H2,1-4H3. The van der Waals surface area contributed by atoms with Crippen molar-refractivity contribution < 1.29 is 0 Å². The fourth-order valence-corrected chi connectivity index (χ4v) is 2.60. The Morgan fingerprint density at radius 1 is 1.21 bits per heavy atom. The molecule has 2 aromatic rings. The zero-order chi connectivity index (χ0) is 13.8. The van der Waals surface area contributed by atoms with Gasteiger partial charge in [0.15, 0.2) is 0 Å². The summed E-state index contributed by atoms with van der Waals surface area (Å²) in [6.07, 6.45) is 1.06. The van der Waals surface area contributed by atoms with Crippen molar-refractivity contribution in [1.29, 1.82) is 0 Å². The minimum atomic E-state index is 0.345. The first kappa shape index (κ1) is 13.8. The summed E-state index contributed by atoms with van der Waals surface area (Å²) in [5.41, 5.74) is 5.08. The van der Waals surface area contributed by atoms with E-state index in [1.807, 2.05) is 11.7 Å². The van der Waals surface area contributed by atoms with Crippen LogP contribution in [0.1, 0.15) is 35.5 Å². The van der Waals surface area contributed by atoms with Gasteiger partial charge in [-0.15, -0.1) is 0 Å². The summed E-state index contributed by atoms with van der Waals surface area (Å²) >= 11 is 0. The van der Waals surface area contributed by atoms with Gasteiger partial charge < -0.3 is 5.32 Å². The van der Waals surface area contributed by atoms with Gasteiger partial charge in [-0.3, -0.25) is 4.68 Å². The van der Waals surface area contributed by atoms with Gasteiger partial charge in [0.25, 0.3) is 0 Å². The highest BCUT2D eigenvalue weighted by Gasteiger charge is 2.15. The van der Waals surface area contributed by atoms with Crippen LogP contribution in [-0.2, 0) is 13.5 Å². The molecule has 1 aromatic heterocycles. The number of aromatic nitrogens is 2. The molecule has 0 saturated carbocycles. The lowest BCUT2D eigenvalue weighted by Crippen LogP contribution is -2.22. The quantitative estimate of drug-likeness (QED) is 0.892. The Kier molecular flexibility index (Phi) is 4.38. The molecule has 1 aromatic carbocycles. The normalized spacial score (nSPS) is 12.6. The number of benzene rings is 1. The van der Waals surface area contributed by atoms with Gasteiger partial charge in [0.1, 0.15) is 0 Å². The lowest BCUT2D eigenvalue weighted by atomic mass is 10.1. The Morgan fingerprint density at radius 3 is 2.47 bits per heavy atom. The third kappa shape index (κ3) is 3.24. The maximum Gasteiger partial charge on any atom is 0.0644 e. The Balaban J connectivity index is 1.93. The van der Waals surface area contributed by atoms with Gasteiger partial charge in [-0.05, 0) is 39.3 Å². The highest BCUT2D eigenvalue weighted by atomic mass is 15.3. The summed E-state index contributed by atoms with van der Waals surface area (Å²) in [6, 6.07) is 10.9. The Hall–Kier alpha value is -1.61. The first-order valence-electron chi connectivity index (χ1n) is 6.87. The van der Waals surface area contributed by atoms with E-state index < -0.39 is 0 Å². The molecule has 1 atom stereocenters. The maximum atomic E-state index is 4.47. The fraction of sp³-hybridized carbons (Fsp3) is 0.438. The van der Waals surface area contributed by atoms with E-state index in [2.05, 4.69) is 61.5 Å². The number of nitrogens with one attached hydrogen (secondary N) is 1. The first-order chi connectivity index (χ1) is 9.09. The average molecular weight is 257 g/mol. The number of nitrogens with zero attached hydrogens (tertiary/aromatic N) is 2. The molecule has 0 amide bonds. The number of hydrogen-bond acceptors (Lipinski definition) is 2. The third-order valence-corrected chi connectivity index (χ3v) is 3.71. The van der Waals surface area contributed by atoms with Gasteiger partial charge in [-0.25, -0.2) is 0 Å². The molecule has 0 aliphatic rings. The van der Waals surface area contributed by atoms with Gasteiger partial charge in [-0.2, -0.15) is 5.10 Å². The minimum absolute atomic E-state index is 0.345. The molecule has 0 aliphatic heterocycles. The molecule has 1 N–H and O–H groups in total. The molecule has 0 aliphatic carbocycles. The topological polar surface area (TPSA) is 29.9 Å². The van der Waals surface area contributed by atoms with E-state index in [1.54, 1.807) is 0 Å². The molecule has 2 rings (SSSR count). The summed E-state index contributed by atoms with van der Waals surface area (Å²) in [5.74, 6) is 0. The molecule has 3 heteroatoms. The maximum absolute atomic E-state index is 4.47. The van der Waals surface area contributed by atoms with Crippen LogP contribution in [0.2, 0.25) is 0 Å². The molecule has 0 radical (unpaired) electrons. The summed E-state index contributed by atoms with van der Waals surface area (Å²) in [4.78, 5) is 0. The lowest BCUT2D eigenvalue weighted by molar-refractivity contribution is 0.571. The van der Waals surface area contributed by atoms with E-state index >= 15 is 0 Å².